The van der Waals surface area contributed by atoms with E-state index in [1.807, 2.05) is 50.9 Å². The first-order valence-corrected chi connectivity index (χ1v) is 15.7. The molecule has 1 aliphatic heterocycles. The molecule has 1 amide bonds. The van der Waals surface area contributed by atoms with Crippen LogP contribution in [-0.4, -0.2) is 42.4 Å². The smallest absolute Gasteiger partial charge is 0.410 e. The summed E-state index contributed by atoms with van der Waals surface area (Å²) >= 11 is 6.41. The van der Waals surface area contributed by atoms with Gasteiger partial charge in [-0.25, -0.2) is 4.79 Å². The maximum absolute atomic E-state index is 12.9. The summed E-state index contributed by atoms with van der Waals surface area (Å²) in [6.45, 7) is 18.0. The van der Waals surface area contributed by atoms with Crippen molar-refractivity contribution in [1.82, 2.24) is 4.90 Å². The van der Waals surface area contributed by atoms with Crippen LogP contribution in [0, 0.1) is 11.8 Å². The Morgan fingerprint density at radius 3 is 2.57 bits per heavy atom. The minimum absolute atomic E-state index is 0.158. The molecule has 2 aliphatic carbocycles. The number of carbonyl (C=O) groups excluding carboxylic acids is 1. The van der Waals surface area contributed by atoms with E-state index in [1.165, 1.54) is 35.1 Å². The van der Waals surface area contributed by atoms with Gasteiger partial charge >= 0.3 is 6.09 Å². The van der Waals surface area contributed by atoms with Crippen LogP contribution in [0.4, 0.5) is 4.79 Å². The largest absolute Gasteiger partial charge is 0.444 e. The summed E-state index contributed by atoms with van der Waals surface area (Å²) < 4.78 is 5.70. The van der Waals surface area contributed by atoms with Crippen LogP contribution in [0.5, 0.6) is 0 Å². The Morgan fingerprint density at radius 1 is 1.24 bits per heavy atom. The molecule has 3 aliphatic rings. The number of halogens is 1. The van der Waals surface area contributed by atoms with E-state index >= 15 is 0 Å². The fourth-order valence-corrected chi connectivity index (χ4v) is 6.09. The fraction of sp³-hybridized carbons (Fsp3) is 0.459. The minimum Gasteiger partial charge on any atom is -0.444 e. The first-order chi connectivity index (χ1) is 19.9. The van der Waals surface area contributed by atoms with Crippen molar-refractivity contribution in [2.24, 2.45) is 16.8 Å². The zero-order chi connectivity index (χ0) is 30.6. The Morgan fingerprint density at radius 2 is 1.98 bits per heavy atom. The third-order valence-electron chi connectivity index (χ3n) is 7.93. The first kappa shape index (κ1) is 31.8. The second-order valence-corrected chi connectivity index (χ2v) is 13.4. The SMILES string of the molecule is C=C(C)C(/C1=C\[C@@H](C)CN(C(=O)OC(C)(C)C)CCC1)=C1/C(/C(=C\C)CC2CC2)=CC(c2cccc(Cl)c2)=CC1=NC. The molecule has 4 rings (SSSR count). The number of carbonyl (C=O) groups is 1. The highest BCUT2D eigenvalue weighted by atomic mass is 35.5. The normalized spacial score (nSPS) is 23.8. The predicted octanol–water partition coefficient (Wildman–Crippen LogP) is 9.95. The summed E-state index contributed by atoms with van der Waals surface area (Å²) in [5.74, 6) is 0.902. The molecular formula is C37H47ClN2O2. The van der Waals surface area contributed by atoms with E-state index in [9.17, 15) is 4.79 Å². The van der Waals surface area contributed by atoms with Gasteiger partial charge in [0.05, 0.1) is 5.71 Å². The van der Waals surface area contributed by atoms with Crippen LogP contribution in [0.1, 0.15) is 79.2 Å². The number of nitrogens with zero attached hydrogens (tertiary/aromatic N) is 2. The number of rotatable bonds is 6. The summed E-state index contributed by atoms with van der Waals surface area (Å²) in [6, 6.07) is 8.05. The summed E-state index contributed by atoms with van der Waals surface area (Å²) in [6.07, 6.45) is 14.2. The average molecular weight is 587 g/mol. The maximum Gasteiger partial charge on any atom is 0.410 e. The number of allylic oxidation sites excluding steroid dienone is 10. The van der Waals surface area contributed by atoms with Crippen LogP contribution in [0.2, 0.25) is 5.02 Å². The van der Waals surface area contributed by atoms with Crippen molar-refractivity contribution in [3.8, 4) is 0 Å². The van der Waals surface area contributed by atoms with E-state index in [-0.39, 0.29) is 12.0 Å². The van der Waals surface area contributed by atoms with Crippen molar-refractivity contribution >= 4 is 29.0 Å². The molecule has 1 atom stereocenters. The summed E-state index contributed by atoms with van der Waals surface area (Å²) in [5, 5.41) is 0.723. The van der Waals surface area contributed by atoms with Gasteiger partial charge in [-0.3, -0.25) is 4.99 Å². The molecule has 0 radical (unpaired) electrons. The molecule has 0 unspecified atom stereocenters. The quantitative estimate of drug-likeness (QED) is 0.333. The van der Waals surface area contributed by atoms with E-state index in [0.29, 0.717) is 13.1 Å². The summed E-state index contributed by atoms with van der Waals surface area (Å²) in [5.41, 5.74) is 9.88. The lowest BCUT2D eigenvalue weighted by atomic mass is 9.77. The van der Waals surface area contributed by atoms with E-state index < -0.39 is 5.60 Å². The molecule has 4 nitrogen and oxygen atoms in total. The number of aliphatic imine (C=N–C) groups is 1. The van der Waals surface area contributed by atoms with Gasteiger partial charge in [-0.05, 0) is 136 Å². The van der Waals surface area contributed by atoms with Gasteiger partial charge in [0.15, 0.2) is 0 Å². The molecule has 1 aromatic rings. The Bertz CT molecular complexity index is 1410. The van der Waals surface area contributed by atoms with Crippen molar-refractivity contribution in [2.45, 2.75) is 79.2 Å². The van der Waals surface area contributed by atoms with E-state index in [1.54, 1.807) is 0 Å². The van der Waals surface area contributed by atoms with Crippen molar-refractivity contribution < 1.29 is 9.53 Å². The number of benzene rings is 1. The third-order valence-corrected chi connectivity index (χ3v) is 8.17. The molecule has 224 valence electrons. The van der Waals surface area contributed by atoms with Gasteiger partial charge in [-0.2, -0.15) is 0 Å². The van der Waals surface area contributed by atoms with Crippen LogP contribution in [0.25, 0.3) is 5.57 Å². The van der Waals surface area contributed by atoms with Gasteiger partial charge < -0.3 is 9.64 Å². The zero-order valence-electron chi connectivity index (χ0n) is 26.5. The first-order valence-electron chi connectivity index (χ1n) is 15.3. The van der Waals surface area contributed by atoms with Crippen LogP contribution in [0.15, 0.2) is 93.6 Å². The zero-order valence-corrected chi connectivity index (χ0v) is 27.3. The van der Waals surface area contributed by atoms with Gasteiger partial charge in [0.1, 0.15) is 5.60 Å². The monoisotopic (exact) mass is 586 g/mol. The Labute approximate surface area is 258 Å². The van der Waals surface area contributed by atoms with Crippen LogP contribution in [0.3, 0.4) is 0 Å². The van der Waals surface area contributed by atoms with Gasteiger partial charge in [0.2, 0.25) is 0 Å². The van der Waals surface area contributed by atoms with E-state index in [0.717, 1.165) is 58.2 Å². The van der Waals surface area contributed by atoms with Crippen LogP contribution >= 0.6 is 11.6 Å². The predicted molar refractivity (Wildman–Crippen MR) is 178 cm³/mol. The van der Waals surface area contributed by atoms with Gasteiger partial charge in [-0.15, -0.1) is 0 Å². The molecular weight excluding hydrogens is 540 g/mol. The maximum atomic E-state index is 12.9. The molecule has 5 heteroatoms. The Kier molecular flexibility index (Phi) is 10.2. The van der Waals surface area contributed by atoms with Crippen LogP contribution < -0.4 is 0 Å². The number of amides is 1. The lowest BCUT2D eigenvalue weighted by molar-refractivity contribution is 0.0230. The molecule has 42 heavy (non-hydrogen) atoms. The standard InChI is InChI=1S/C37H47ClN2O2/c1-9-27(19-26-15-16-26)32-21-30(28-12-10-14-31(38)20-28)22-33(39-8)35(32)34(24(2)3)29-13-11-17-40(23-25(4)18-29)36(41)42-37(5,6)7/h9-10,12,14,18,20-22,25-26H,2,11,13,15-17,19,23H2,1,3-8H3/b27-9-,29-18-,35-34+,39-33?/t25-/m1/s1. The van der Waals surface area contributed by atoms with Crippen LogP contribution in [-0.2, 0) is 4.74 Å². The molecule has 1 fully saturated rings. The highest BCUT2D eigenvalue weighted by Crippen LogP contribution is 2.44. The highest BCUT2D eigenvalue weighted by molar-refractivity contribution is 6.30. The molecule has 0 spiro atoms. The van der Waals surface area contributed by atoms with Crippen molar-refractivity contribution in [1.29, 1.82) is 0 Å². The van der Waals surface area contributed by atoms with Crippen molar-refractivity contribution in [3.05, 3.63) is 99.2 Å². The number of ether oxygens (including phenoxy) is 1. The molecule has 0 N–H and O–H groups in total. The van der Waals surface area contributed by atoms with E-state index in [4.69, 9.17) is 21.3 Å². The van der Waals surface area contributed by atoms with Gasteiger partial charge in [0, 0.05) is 30.7 Å². The summed E-state index contributed by atoms with van der Waals surface area (Å²) in [7, 11) is 1.88. The Balaban J connectivity index is 1.82. The molecule has 1 aromatic carbocycles. The number of hydrogen-bond acceptors (Lipinski definition) is 3. The molecule has 1 saturated carbocycles. The molecule has 1 heterocycles. The Hall–Kier alpha value is -3.11. The van der Waals surface area contributed by atoms with Gasteiger partial charge in [-0.1, -0.05) is 55.0 Å². The molecule has 0 bridgehead atoms. The highest BCUT2D eigenvalue weighted by Gasteiger charge is 2.31. The molecule has 0 aromatic heterocycles. The topological polar surface area (TPSA) is 41.9 Å². The lowest BCUT2D eigenvalue weighted by Gasteiger charge is -2.32. The van der Waals surface area contributed by atoms with E-state index in [2.05, 4.69) is 57.7 Å². The second-order valence-electron chi connectivity index (χ2n) is 13.0. The third kappa shape index (κ3) is 8.04. The minimum atomic E-state index is -0.511. The summed E-state index contributed by atoms with van der Waals surface area (Å²) in [4.78, 5) is 19.6. The van der Waals surface area contributed by atoms with Gasteiger partial charge in [0.25, 0.3) is 0 Å². The average Bonchev–Trinajstić information content (AvgIpc) is 3.73. The fourth-order valence-electron chi connectivity index (χ4n) is 5.90. The lowest BCUT2D eigenvalue weighted by Crippen LogP contribution is -2.40. The van der Waals surface area contributed by atoms with Crippen molar-refractivity contribution in [3.63, 3.8) is 0 Å². The second kappa shape index (κ2) is 13.5. The number of hydrogen-bond donors (Lipinski definition) is 0. The molecule has 0 saturated heterocycles. The van der Waals surface area contributed by atoms with Crippen molar-refractivity contribution in [2.75, 3.05) is 20.1 Å².